The minimum absolute atomic E-state index is 0.0339. The van der Waals surface area contributed by atoms with Gasteiger partial charge in [0.25, 0.3) is 0 Å². The molecule has 0 spiro atoms. The lowest BCUT2D eigenvalue weighted by Gasteiger charge is -2.31. The second-order valence-corrected chi connectivity index (χ2v) is 6.02. The van der Waals surface area contributed by atoms with E-state index in [0.29, 0.717) is 22.6 Å². The van der Waals surface area contributed by atoms with Crippen LogP contribution in [0, 0.1) is 0 Å². The summed E-state index contributed by atoms with van der Waals surface area (Å²) < 4.78 is 10.4. The molecule has 0 heterocycles. The average molecular weight is 364 g/mol. The minimum atomic E-state index is -1.66. The van der Waals surface area contributed by atoms with Gasteiger partial charge in [-0.25, -0.2) is 4.79 Å². The van der Waals surface area contributed by atoms with E-state index in [9.17, 15) is 15.0 Å². The number of hydrogen-bond acceptors (Lipinski definition) is 4. The van der Waals surface area contributed by atoms with Gasteiger partial charge in [-0.1, -0.05) is 42.5 Å². The van der Waals surface area contributed by atoms with Gasteiger partial charge in [0.2, 0.25) is 0 Å². The molecule has 0 unspecified atom stereocenters. The van der Waals surface area contributed by atoms with E-state index in [1.165, 1.54) is 6.07 Å². The maximum absolute atomic E-state index is 11.8. The van der Waals surface area contributed by atoms with Crippen LogP contribution in [0.4, 0.5) is 0 Å². The summed E-state index contributed by atoms with van der Waals surface area (Å²) in [6, 6.07) is 20.3. The van der Waals surface area contributed by atoms with E-state index in [-0.39, 0.29) is 11.1 Å². The molecule has 0 fully saturated rings. The van der Waals surface area contributed by atoms with Crippen LogP contribution >= 0.6 is 0 Å². The molecule has 27 heavy (non-hydrogen) atoms. The zero-order valence-corrected chi connectivity index (χ0v) is 15.0. The summed E-state index contributed by atoms with van der Waals surface area (Å²) in [6.07, 6.45) is 0. The molecule has 0 atom stereocenters. The van der Waals surface area contributed by atoms with Crippen LogP contribution < -0.4 is 9.47 Å². The number of carboxylic acids is 1. The van der Waals surface area contributed by atoms with Crippen molar-refractivity contribution in [2.24, 2.45) is 0 Å². The highest BCUT2D eigenvalue weighted by atomic mass is 16.5. The molecule has 3 aromatic rings. The van der Waals surface area contributed by atoms with E-state index < -0.39 is 11.6 Å². The Balaban J connectivity index is 2.26. The van der Waals surface area contributed by atoms with Crippen LogP contribution in [0.3, 0.4) is 0 Å². The second-order valence-electron chi connectivity index (χ2n) is 6.02. The molecule has 0 aromatic heterocycles. The first kappa shape index (κ1) is 18.5. The lowest BCUT2D eigenvalue weighted by Crippen LogP contribution is -2.31. The van der Waals surface area contributed by atoms with Crippen molar-refractivity contribution in [2.75, 3.05) is 14.2 Å². The number of hydrogen-bond donors (Lipinski definition) is 2. The topological polar surface area (TPSA) is 76.0 Å². The number of carbonyl (C=O) groups is 1. The number of rotatable bonds is 6. The van der Waals surface area contributed by atoms with Crippen LogP contribution in [0.15, 0.2) is 72.8 Å². The third-order valence-electron chi connectivity index (χ3n) is 4.56. The summed E-state index contributed by atoms with van der Waals surface area (Å²) >= 11 is 0. The molecule has 2 N–H and O–H groups in total. The number of aromatic carboxylic acids is 1. The quantitative estimate of drug-likeness (QED) is 0.653. The van der Waals surface area contributed by atoms with E-state index in [4.69, 9.17) is 9.47 Å². The van der Waals surface area contributed by atoms with Crippen molar-refractivity contribution < 1.29 is 24.5 Å². The zero-order chi connectivity index (χ0) is 19.4. The van der Waals surface area contributed by atoms with Crippen molar-refractivity contribution in [2.45, 2.75) is 5.60 Å². The third kappa shape index (κ3) is 3.37. The predicted molar refractivity (Wildman–Crippen MR) is 101 cm³/mol. The number of methoxy groups -OCH3 is 2. The molecule has 5 heteroatoms. The van der Waals surface area contributed by atoms with Crippen LogP contribution in [0.1, 0.15) is 27.0 Å². The van der Waals surface area contributed by atoms with Crippen molar-refractivity contribution in [1.29, 1.82) is 0 Å². The van der Waals surface area contributed by atoms with E-state index in [1.54, 1.807) is 80.9 Å². The lowest BCUT2D eigenvalue weighted by atomic mass is 9.78. The molecule has 5 nitrogen and oxygen atoms in total. The summed E-state index contributed by atoms with van der Waals surface area (Å²) in [5, 5.41) is 21.5. The Hall–Kier alpha value is -3.31. The largest absolute Gasteiger partial charge is 0.497 e. The van der Waals surface area contributed by atoms with Gasteiger partial charge in [0.1, 0.15) is 17.1 Å². The van der Waals surface area contributed by atoms with Gasteiger partial charge in [-0.15, -0.1) is 0 Å². The average Bonchev–Trinajstić information content (AvgIpc) is 2.73. The molecule has 0 saturated carbocycles. The summed E-state index contributed by atoms with van der Waals surface area (Å²) in [4.78, 5) is 11.8. The number of aliphatic hydroxyl groups is 1. The lowest BCUT2D eigenvalue weighted by molar-refractivity contribution is 0.0680. The Labute approximate surface area is 157 Å². The Kier molecular flexibility index (Phi) is 5.14. The van der Waals surface area contributed by atoms with Gasteiger partial charge < -0.3 is 19.7 Å². The normalized spacial score (nSPS) is 11.1. The Morgan fingerprint density at radius 2 is 1.22 bits per heavy atom. The fourth-order valence-corrected chi connectivity index (χ4v) is 3.13. The van der Waals surface area contributed by atoms with Gasteiger partial charge in [0.15, 0.2) is 0 Å². The van der Waals surface area contributed by atoms with Crippen LogP contribution in [0.5, 0.6) is 11.5 Å². The molecular weight excluding hydrogens is 344 g/mol. The molecule has 3 aromatic carbocycles. The van der Waals surface area contributed by atoms with Crippen molar-refractivity contribution in [3.05, 3.63) is 95.1 Å². The molecule has 0 saturated heterocycles. The van der Waals surface area contributed by atoms with Crippen molar-refractivity contribution in [3.63, 3.8) is 0 Å². The highest BCUT2D eigenvalue weighted by molar-refractivity contribution is 5.90. The molecule has 0 amide bonds. The summed E-state index contributed by atoms with van der Waals surface area (Å²) in [5.41, 5.74) is -0.281. The van der Waals surface area contributed by atoms with Gasteiger partial charge in [-0.05, 0) is 41.5 Å². The number of ether oxygens (including phenoxy) is 2. The van der Waals surface area contributed by atoms with E-state index in [0.717, 1.165) is 0 Å². The first-order chi connectivity index (χ1) is 13.0. The molecule has 0 aliphatic carbocycles. The Morgan fingerprint density at radius 1 is 0.778 bits per heavy atom. The third-order valence-corrected chi connectivity index (χ3v) is 4.56. The Morgan fingerprint density at radius 3 is 1.63 bits per heavy atom. The van der Waals surface area contributed by atoms with E-state index in [1.807, 2.05) is 0 Å². The highest BCUT2D eigenvalue weighted by Gasteiger charge is 2.37. The Bertz CT molecular complexity index is 882. The number of carboxylic acid groups (broad SMARTS) is 1. The van der Waals surface area contributed by atoms with Crippen molar-refractivity contribution in [3.8, 4) is 11.5 Å². The highest BCUT2D eigenvalue weighted by Crippen LogP contribution is 2.39. The van der Waals surface area contributed by atoms with Gasteiger partial charge in [0.05, 0.1) is 19.8 Å². The molecule has 0 bridgehead atoms. The van der Waals surface area contributed by atoms with Crippen molar-refractivity contribution in [1.82, 2.24) is 0 Å². The van der Waals surface area contributed by atoms with Crippen LogP contribution in [0.25, 0.3) is 0 Å². The summed E-state index contributed by atoms with van der Waals surface area (Å²) in [7, 11) is 3.12. The first-order valence-corrected chi connectivity index (χ1v) is 8.35. The molecule has 138 valence electrons. The molecule has 0 aliphatic rings. The molecule has 3 rings (SSSR count). The van der Waals surface area contributed by atoms with Gasteiger partial charge in [-0.3, -0.25) is 0 Å². The maximum atomic E-state index is 11.8. The summed E-state index contributed by atoms with van der Waals surface area (Å²) in [5.74, 6) is 0.177. The molecule has 0 radical (unpaired) electrons. The van der Waals surface area contributed by atoms with Crippen LogP contribution in [0.2, 0.25) is 0 Å². The SMILES string of the molecule is COc1ccc(C(O)(c2ccc(OC)cc2)c2ccccc2C(=O)O)cc1. The monoisotopic (exact) mass is 364 g/mol. The van der Waals surface area contributed by atoms with Crippen LogP contribution in [-0.4, -0.2) is 30.4 Å². The molecule has 0 aliphatic heterocycles. The standard InChI is InChI=1S/C22H20O5/c1-26-17-11-7-15(8-12-17)22(25,16-9-13-18(27-2)14-10-16)20-6-4-3-5-19(20)21(23)24/h3-14,25H,1-2H3,(H,23,24). The maximum Gasteiger partial charge on any atom is 0.336 e. The van der Waals surface area contributed by atoms with Crippen molar-refractivity contribution >= 4 is 5.97 Å². The van der Waals surface area contributed by atoms with Crippen LogP contribution in [-0.2, 0) is 5.60 Å². The van der Waals surface area contributed by atoms with E-state index >= 15 is 0 Å². The zero-order valence-electron chi connectivity index (χ0n) is 15.0. The minimum Gasteiger partial charge on any atom is -0.497 e. The van der Waals surface area contributed by atoms with Gasteiger partial charge in [0, 0.05) is 5.56 Å². The van der Waals surface area contributed by atoms with Gasteiger partial charge in [-0.2, -0.15) is 0 Å². The predicted octanol–water partition coefficient (Wildman–Crippen LogP) is 3.69. The first-order valence-electron chi connectivity index (χ1n) is 8.35. The second kappa shape index (κ2) is 7.51. The fraction of sp³-hybridized carbons (Fsp3) is 0.136. The smallest absolute Gasteiger partial charge is 0.336 e. The summed E-state index contributed by atoms with van der Waals surface area (Å²) in [6.45, 7) is 0. The van der Waals surface area contributed by atoms with E-state index in [2.05, 4.69) is 0 Å². The van der Waals surface area contributed by atoms with Gasteiger partial charge >= 0.3 is 5.97 Å². The fourth-order valence-electron chi connectivity index (χ4n) is 3.13. The number of benzene rings is 3. The molecular formula is C22H20O5.